The highest BCUT2D eigenvalue weighted by molar-refractivity contribution is 6.40. The van der Waals surface area contributed by atoms with Crippen LogP contribution in [-0.2, 0) is 28.9 Å². The number of hydrogen-bond donors (Lipinski definition) is 2. The maximum atomic E-state index is 13.6. The summed E-state index contributed by atoms with van der Waals surface area (Å²) in [6.07, 6.45) is 9.52. The molecule has 0 radical (unpaired) electrons. The second-order valence-corrected chi connectivity index (χ2v) is 11.2. The van der Waals surface area contributed by atoms with E-state index in [0.29, 0.717) is 17.3 Å². The van der Waals surface area contributed by atoms with E-state index in [4.69, 9.17) is 4.99 Å². The topological polar surface area (TPSA) is 73.8 Å². The smallest absolute Gasteiger partial charge is 0.257 e. The lowest BCUT2D eigenvalue weighted by Crippen LogP contribution is -2.42. The van der Waals surface area contributed by atoms with Gasteiger partial charge in [-0.3, -0.25) is 9.59 Å². The fourth-order valence-corrected chi connectivity index (χ4v) is 5.61. The van der Waals surface area contributed by atoms with Crippen molar-refractivity contribution in [3.05, 3.63) is 82.1 Å². The summed E-state index contributed by atoms with van der Waals surface area (Å²) in [7, 11) is 0. The molecule has 1 amide bonds. The fraction of sp³-hybridized carbons (Fsp3) is 0.424. The van der Waals surface area contributed by atoms with Crippen molar-refractivity contribution in [2.24, 2.45) is 10.9 Å². The van der Waals surface area contributed by atoms with Gasteiger partial charge in [0.2, 0.25) is 5.78 Å². The number of hydrogen-bond acceptors (Lipinski definition) is 4. The van der Waals surface area contributed by atoms with Crippen LogP contribution < -0.4 is 15.5 Å². The van der Waals surface area contributed by atoms with Crippen molar-refractivity contribution in [2.75, 3.05) is 10.2 Å². The molecule has 3 aliphatic rings. The first-order valence-electron chi connectivity index (χ1n) is 14.4. The van der Waals surface area contributed by atoms with Gasteiger partial charge < -0.3 is 15.5 Å². The van der Waals surface area contributed by atoms with Crippen LogP contribution in [0.25, 0.3) is 0 Å². The highest BCUT2D eigenvalue weighted by atomic mass is 16.2. The fourth-order valence-electron chi connectivity index (χ4n) is 5.61. The number of rotatable bonds is 8. The lowest BCUT2D eigenvalue weighted by Gasteiger charge is -2.30. The number of carbonyl (C=O) groups is 2. The van der Waals surface area contributed by atoms with Gasteiger partial charge in [-0.15, -0.1) is 0 Å². The number of ketones is 1. The summed E-state index contributed by atoms with van der Waals surface area (Å²) in [5.74, 6) is 0.406. The molecule has 204 valence electrons. The average Bonchev–Trinajstić information content (AvgIpc) is 3.39. The monoisotopic (exact) mass is 524 g/mol. The zero-order chi connectivity index (χ0) is 27.7. The van der Waals surface area contributed by atoms with E-state index < -0.39 is 0 Å². The molecule has 0 bridgehead atoms. The van der Waals surface area contributed by atoms with Gasteiger partial charge in [0, 0.05) is 23.6 Å². The number of aryl methyl sites for hydroxylation is 4. The van der Waals surface area contributed by atoms with E-state index in [1.807, 2.05) is 18.7 Å². The summed E-state index contributed by atoms with van der Waals surface area (Å²) in [6.45, 7) is 10.3. The summed E-state index contributed by atoms with van der Waals surface area (Å²) < 4.78 is 0. The van der Waals surface area contributed by atoms with E-state index in [9.17, 15) is 9.59 Å². The van der Waals surface area contributed by atoms with Gasteiger partial charge in [-0.25, -0.2) is 4.99 Å². The molecule has 1 saturated carbocycles. The van der Waals surface area contributed by atoms with Crippen molar-refractivity contribution in [3.8, 4) is 0 Å². The first-order chi connectivity index (χ1) is 18.8. The van der Waals surface area contributed by atoms with Crippen molar-refractivity contribution in [1.29, 1.82) is 0 Å². The van der Waals surface area contributed by atoms with Crippen LogP contribution in [0.3, 0.4) is 0 Å². The molecule has 2 N–H and O–H groups in total. The Hall–Kier alpha value is -3.67. The Morgan fingerprint density at radius 2 is 1.95 bits per heavy atom. The van der Waals surface area contributed by atoms with Crippen LogP contribution in [0.2, 0.25) is 0 Å². The Bertz CT molecular complexity index is 1390. The molecule has 2 aromatic rings. The van der Waals surface area contributed by atoms with E-state index in [1.165, 1.54) is 22.3 Å². The number of aliphatic imine (C=N–C) groups is 1. The van der Waals surface area contributed by atoms with Crippen molar-refractivity contribution < 1.29 is 9.59 Å². The van der Waals surface area contributed by atoms with Crippen molar-refractivity contribution >= 4 is 28.9 Å². The van der Waals surface area contributed by atoms with E-state index in [2.05, 4.69) is 67.8 Å². The van der Waals surface area contributed by atoms with Crippen molar-refractivity contribution in [3.63, 3.8) is 0 Å². The lowest BCUT2D eigenvalue weighted by atomic mass is 9.96. The molecular weight excluding hydrogens is 484 g/mol. The van der Waals surface area contributed by atoms with Crippen LogP contribution in [0, 0.1) is 12.8 Å². The Balaban J connectivity index is 1.51. The largest absolute Gasteiger partial charge is 0.364 e. The first kappa shape index (κ1) is 26.9. The molecule has 0 spiro atoms. The minimum Gasteiger partial charge on any atom is -0.364 e. The molecule has 0 saturated heterocycles. The normalized spacial score (nSPS) is 23.1. The number of fused-ring (bicyclic) bond motifs is 1. The van der Waals surface area contributed by atoms with Gasteiger partial charge in [-0.2, -0.15) is 0 Å². The minimum atomic E-state index is -0.312. The van der Waals surface area contributed by atoms with Crippen LogP contribution in [-0.4, -0.2) is 29.7 Å². The number of amides is 1. The lowest BCUT2D eigenvalue weighted by molar-refractivity contribution is -0.121. The molecule has 1 heterocycles. The van der Waals surface area contributed by atoms with Gasteiger partial charge in [0.15, 0.2) is 0 Å². The van der Waals surface area contributed by atoms with Crippen LogP contribution >= 0.6 is 0 Å². The average molecular weight is 525 g/mol. The molecule has 5 rings (SSSR count). The summed E-state index contributed by atoms with van der Waals surface area (Å²) in [5.41, 5.74) is 7.83. The number of benzene rings is 2. The van der Waals surface area contributed by atoms with Gasteiger partial charge in [0.25, 0.3) is 5.91 Å². The van der Waals surface area contributed by atoms with Gasteiger partial charge in [-0.05, 0) is 105 Å². The van der Waals surface area contributed by atoms with E-state index >= 15 is 0 Å². The summed E-state index contributed by atoms with van der Waals surface area (Å²) in [5, 5.41) is 6.55. The summed E-state index contributed by atoms with van der Waals surface area (Å²) in [6, 6.07) is 13.0. The Morgan fingerprint density at radius 3 is 2.67 bits per heavy atom. The molecule has 2 aromatic carbocycles. The number of nitrogens with one attached hydrogen (secondary N) is 2. The minimum absolute atomic E-state index is 0.139. The SMILES string of the molecule is C/C=C1/C(=O)C(C(=O)NC2CC2C)=CN(c2ccc3c(c2)CCC3)/C1=N/C(C)Nc1ccc(C)c(CCC)c1. The molecule has 3 unspecified atom stereocenters. The van der Waals surface area contributed by atoms with Crippen LogP contribution in [0.4, 0.5) is 11.4 Å². The van der Waals surface area contributed by atoms with Gasteiger partial charge in [-0.1, -0.05) is 38.5 Å². The molecular formula is C33H40N4O2. The number of anilines is 2. The van der Waals surface area contributed by atoms with Crippen molar-refractivity contribution in [1.82, 2.24) is 5.32 Å². The second kappa shape index (κ2) is 11.2. The van der Waals surface area contributed by atoms with E-state index in [0.717, 1.165) is 49.9 Å². The molecule has 6 heteroatoms. The third-order valence-electron chi connectivity index (χ3n) is 8.10. The molecule has 39 heavy (non-hydrogen) atoms. The molecule has 1 fully saturated rings. The molecule has 2 aliphatic carbocycles. The quantitative estimate of drug-likeness (QED) is 0.326. The van der Waals surface area contributed by atoms with Crippen LogP contribution in [0.1, 0.15) is 69.2 Å². The number of allylic oxidation sites excluding steroid dienone is 1. The Labute approximate surface area is 232 Å². The number of carbonyl (C=O) groups excluding carboxylic acids is 2. The number of Topliss-reactive ketones (excluding diaryl/α,β-unsaturated/α-hetero) is 1. The van der Waals surface area contributed by atoms with Gasteiger partial charge in [0.05, 0.1) is 5.57 Å². The highest BCUT2D eigenvalue weighted by Gasteiger charge is 2.38. The van der Waals surface area contributed by atoms with E-state index in [1.54, 1.807) is 12.3 Å². The Morgan fingerprint density at radius 1 is 1.18 bits per heavy atom. The van der Waals surface area contributed by atoms with E-state index in [-0.39, 0.29) is 29.5 Å². The molecule has 1 aliphatic heterocycles. The maximum absolute atomic E-state index is 13.6. The molecule has 3 atom stereocenters. The maximum Gasteiger partial charge on any atom is 0.257 e. The predicted octanol–water partition coefficient (Wildman–Crippen LogP) is 6.04. The Kier molecular flexibility index (Phi) is 7.74. The molecule has 6 nitrogen and oxygen atoms in total. The summed E-state index contributed by atoms with van der Waals surface area (Å²) >= 11 is 0. The third kappa shape index (κ3) is 5.70. The third-order valence-corrected chi connectivity index (χ3v) is 8.10. The zero-order valence-electron chi connectivity index (χ0n) is 23.8. The standard InChI is InChI=1S/C33H40N4O2/c1-6-9-24-17-26(14-12-20(24)3)34-22(5)35-32-28(7-2)31(38)29(33(39)36-30-16-21(30)4)19-37(32)27-15-13-23-10-8-11-25(23)18-27/h7,12-15,17-19,21-22,30,34H,6,8-11,16H2,1-5H3,(H,36,39)/b28-7-,35-32+. The van der Waals surface area contributed by atoms with Crippen LogP contribution in [0.15, 0.2) is 64.8 Å². The van der Waals surface area contributed by atoms with Crippen molar-refractivity contribution in [2.45, 2.75) is 85.4 Å². The second-order valence-electron chi connectivity index (χ2n) is 11.2. The predicted molar refractivity (Wildman–Crippen MR) is 159 cm³/mol. The highest BCUT2D eigenvalue weighted by Crippen LogP contribution is 2.33. The zero-order valence-corrected chi connectivity index (χ0v) is 23.8. The van der Waals surface area contributed by atoms with Gasteiger partial charge in [0.1, 0.15) is 17.6 Å². The van der Waals surface area contributed by atoms with Gasteiger partial charge >= 0.3 is 0 Å². The molecule has 0 aromatic heterocycles. The first-order valence-corrected chi connectivity index (χ1v) is 14.4. The van der Waals surface area contributed by atoms with Crippen LogP contribution in [0.5, 0.6) is 0 Å². The number of nitrogens with zero attached hydrogens (tertiary/aromatic N) is 2. The summed E-state index contributed by atoms with van der Waals surface area (Å²) in [4.78, 5) is 33.8. The number of amidine groups is 1.